The van der Waals surface area contributed by atoms with Gasteiger partial charge in [0.1, 0.15) is 5.84 Å². The van der Waals surface area contributed by atoms with E-state index in [4.69, 9.17) is 0 Å². The van der Waals surface area contributed by atoms with Gasteiger partial charge >= 0.3 is 0 Å². The maximum absolute atomic E-state index is 4.32. The Morgan fingerprint density at radius 2 is 2.10 bits per heavy atom. The standard InChI is InChI=1S/C8H14N2/c1-8(2,3)7-9-5-4-6-10-7/h5H,4,6H2,1-3H3. The zero-order chi connectivity index (χ0) is 7.61. The quantitative estimate of drug-likeness (QED) is 0.488. The van der Waals surface area contributed by atoms with Crippen LogP contribution in [-0.4, -0.2) is 18.6 Å². The molecule has 1 aliphatic heterocycles. The molecule has 0 aromatic heterocycles. The smallest absolute Gasteiger partial charge is 0.128 e. The lowest BCUT2D eigenvalue weighted by molar-refractivity contribution is 0.580. The molecule has 10 heavy (non-hydrogen) atoms. The third-order valence-electron chi connectivity index (χ3n) is 1.40. The van der Waals surface area contributed by atoms with Crippen LogP contribution in [0.2, 0.25) is 0 Å². The summed E-state index contributed by atoms with van der Waals surface area (Å²) in [5, 5.41) is 0. The van der Waals surface area contributed by atoms with Gasteiger partial charge in [-0.05, 0) is 0 Å². The molecule has 0 fully saturated rings. The van der Waals surface area contributed by atoms with E-state index in [1.807, 2.05) is 6.21 Å². The lowest BCUT2D eigenvalue weighted by Crippen LogP contribution is -2.20. The van der Waals surface area contributed by atoms with Gasteiger partial charge in [-0.15, -0.1) is 0 Å². The van der Waals surface area contributed by atoms with Gasteiger partial charge in [-0.1, -0.05) is 20.8 Å². The largest absolute Gasteiger partial charge is 0.270 e. The first-order valence-corrected chi connectivity index (χ1v) is 3.68. The van der Waals surface area contributed by atoms with Gasteiger partial charge in [0.05, 0.1) is 0 Å². The van der Waals surface area contributed by atoms with E-state index >= 15 is 0 Å². The number of nitrogens with zero attached hydrogens (tertiary/aromatic N) is 2. The lowest BCUT2D eigenvalue weighted by Gasteiger charge is -2.19. The summed E-state index contributed by atoms with van der Waals surface area (Å²) in [5.74, 6) is 0.985. The minimum atomic E-state index is 0.122. The van der Waals surface area contributed by atoms with Crippen molar-refractivity contribution in [2.24, 2.45) is 15.4 Å². The molecule has 0 aromatic rings. The third-order valence-corrected chi connectivity index (χ3v) is 1.40. The average Bonchev–Trinajstić information content (AvgIpc) is 1.88. The predicted octanol–water partition coefficient (Wildman–Crippen LogP) is 1.91. The Balaban J connectivity index is 2.73. The topological polar surface area (TPSA) is 24.7 Å². The van der Waals surface area contributed by atoms with E-state index in [0.717, 1.165) is 18.8 Å². The Morgan fingerprint density at radius 1 is 1.40 bits per heavy atom. The highest BCUT2D eigenvalue weighted by Crippen LogP contribution is 2.18. The molecule has 0 unspecified atom stereocenters. The fourth-order valence-electron chi connectivity index (χ4n) is 0.851. The van der Waals surface area contributed by atoms with E-state index < -0.39 is 0 Å². The minimum Gasteiger partial charge on any atom is -0.270 e. The van der Waals surface area contributed by atoms with E-state index in [1.54, 1.807) is 0 Å². The van der Waals surface area contributed by atoms with E-state index in [-0.39, 0.29) is 5.41 Å². The molecule has 0 radical (unpaired) electrons. The van der Waals surface area contributed by atoms with Crippen molar-refractivity contribution in [3.05, 3.63) is 0 Å². The van der Waals surface area contributed by atoms with Crippen molar-refractivity contribution in [1.29, 1.82) is 0 Å². The molecule has 0 atom stereocenters. The molecule has 1 aliphatic rings. The van der Waals surface area contributed by atoms with Gasteiger partial charge in [-0.3, -0.25) is 4.99 Å². The van der Waals surface area contributed by atoms with Crippen LogP contribution in [0.5, 0.6) is 0 Å². The SMILES string of the molecule is CC(C)(C)C1=NCCC=N1. The summed E-state index contributed by atoms with van der Waals surface area (Å²) in [5.41, 5.74) is 0.122. The molecule has 1 heterocycles. The normalized spacial score (nSPS) is 18.9. The van der Waals surface area contributed by atoms with Crippen molar-refractivity contribution < 1.29 is 0 Å². The first-order valence-electron chi connectivity index (χ1n) is 3.68. The summed E-state index contributed by atoms with van der Waals surface area (Å²) in [6.07, 6.45) is 2.95. The van der Waals surface area contributed by atoms with Crippen LogP contribution in [0.1, 0.15) is 27.2 Å². The molecule has 2 nitrogen and oxygen atoms in total. The van der Waals surface area contributed by atoms with Gasteiger partial charge in [0, 0.05) is 24.6 Å². The summed E-state index contributed by atoms with van der Waals surface area (Å²) >= 11 is 0. The van der Waals surface area contributed by atoms with Crippen LogP contribution < -0.4 is 0 Å². The van der Waals surface area contributed by atoms with Crippen LogP contribution in [-0.2, 0) is 0 Å². The van der Waals surface area contributed by atoms with Crippen LogP contribution >= 0.6 is 0 Å². The maximum Gasteiger partial charge on any atom is 0.128 e. The second-order valence-electron chi connectivity index (χ2n) is 3.56. The first-order chi connectivity index (χ1) is 4.61. The van der Waals surface area contributed by atoms with Crippen molar-refractivity contribution in [3.63, 3.8) is 0 Å². The molecule has 0 saturated carbocycles. The summed E-state index contributed by atoms with van der Waals surface area (Å²) in [6, 6.07) is 0. The molecular weight excluding hydrogens is 124 g/mol. The minimum absolute atomic E-state index is 0.122. The van der Waals surface area contributed by atoms with E-state index in [0.29, 0.717) is 0 Å². The average molecular weight is 138 g/mol. The van der Waals surface area contributed by atoms with Gasteiger partial charge in [0.15, 0.2) is 0 Å². The van der Waals surface area contributed by atoms with Gasteiger partial charge < -0.3 is 0 Å². The molecule has 1 rings (SSSR count). The first kappa shape index (κ1) is 7.45. The second-order valence-corrected chi connectivity index (χ2v) is 3.56. The highest BCUT2D eigenvalue weighted by molar-refractivity contribution is 5.94. The Morgan fingerprint density at radius 3 is 2.40 bits per heavy atom. The Kier molecular flexibility index (Phi) is 1.88. The predicted molar refractivity (Wildman–Crippen MR) is 44.9 cm³/mol. The fraction of sp³-hybridized carbons (Fsp3) is 0.750. The molecule has 0 amide bonds. The highest BCUT2D eigenvalue weighted by atomic mass is 14.9. The molecule has 0 saturated heterocycles. The van der Waals surface area contributed by atoms with Crippen LogP contribution in [0.3, 0.4) is 0 Å². The van der Waals surface area contributed by atoms with Crippen LogP contribution in [0, 0.1) is 5.41 Å². The maximum atomic E-state index is 4.32. The monoisotopic (exact) mass is 138 g/mol. The summed E-state index contributed by atoms with van der Waals surface area (Å²) in [7, 11) is 0. The number of hydrogen-bond acceptors (Lipinski definition) is 2. The van der Waals surface area contributed by atoms with Gasteiger partial charge in [-0.2, -0.15) is 0 Å². The van der Waals surface area contributed by atoms with Crippen molar-refractivity contribution in [2.45, 2.75) is 27.2 Å². The van der Waals surface area contributed by atoms with Gasteiger partial charge in [0.2, 0.25) is 0 Å². The number of rotatable bonds is 0. The summed E-state index contributed by atoms with van der Waals surface area (Å²) in [6.45, 7) is 7.31. The Labute approximate surface area is 62.1 Å². The van der Waals surface area contributed by atoms with Gasteiger partial charge in [-0.25, -0.2) is 4.99 Å². The summed E-state index contributed by atoms with van der Waals surface area (Å²) in [4.78, 5) is 8.55. The Bertz CT molecular complexity index is 172. The van der Waals surface area contributed by atoms with E-state index in [9.17, 15) is 0 Å². The zero-order valence-electron chi connectivity index (χ0n) is 6.89. The molecule has 2 heteroatoms. The number of hydrogen-bond donors (Lipinski definition) is 0. The number of amidine groups is 1. The molecule has 56 valence electrons. The van der Waals surface area contributed by atoms with Crippen molar-refractivity contribution in [2.75, 3.05) is 6.54 Å². The zero-order valence-corrected chi connectivity index (χ0v) is 6.89. The van der Waals surface area contributed by atoms with Crippen LogP contribution in [0.15, 0.2) is 9.98 Å². The molecule has 0 bridgehead atoms. The second kappa shape index (κ2) is 2.52. The fourth-order valence-corrected chi connectivity index (χ4v) is 0.851. The van der Waals surface area contributed by atoms with Crippen molar-refractivity contribution in [3.8, 4) is 0 Å². The van der Waals surface area contributed by atoms with Crippen molar-refractivity contribution >= 4 is 12.1 Å². The molecule has 0 aromatic carbocycles. The molecule has 0 N–H and O–H groups in total. The van der Waals surface area contributed by atoms with Crippen LogP contribution in [0.4, 0.5) is 0 Å². The molecular formula is C8H14N2. The molecule has 0 spiro atoms. The molecule has 0 aliphatic carbocycles. The lowest BCUT2D eigenvalue weighted by atomic mass is 9.95. The summed E-state index contributed by atoms with van der Waals surface area (Å²) < 4.78 is 0. The van der Waals surface area contributed by atoms with Gasteiger partial charge in [0.25, 0.3) is 0 Å². The Hall–Kier alpha value is -0.660. The highest BCUT2D eigenvalue weighted by Gasteiger charge is 2.18. The van der Waals surface area contributed by atoms with Crippen LogP contribution in [0.25, 0.3) is 0 Å². The van der Waals surface area contributed by atoms with Crippen molar-refractivity contribution in [1.82, 2.24) is 0 Å². The number of aliphatic imine (C=N–C) groups is 2. The van der Waals surface area contributed by atoms with E-state index in [1.165, 1.54) is 0 Å². The third kappa shape index (κ3) is 1.66. The van der Waals surface area contributed by atoms with E-state index in [2.05, 4.69) is 30.8 Å².